The molecule has 17 heavy (non-hydrogen) atoms. The van der Waals surface area contributed by atoms with E-state index in [1.807, 2.05) is 18.2 Å². The second kappa shape index (κ2) is 6.47. The lowest BCUT2D eigenvalue weighted by Crippen LogP contribution is -2.20. The minimum absolute atomic E-state index is 0.233. The molecule has 1 aromatic carbocycles. The number of hydrogen-bond acceptors (Lipinski definition) is 1. The summed E-state index contributed by atoms with van der Waals surface area (Å²) in [5.41, 5.74) is 1.59. The first kappa shape index (κ1) is 13.7. The molecule has 0 saturated heterocycles. The average molecular weight is 377 g/mol. The van der Waals surface area contributed by atoms with Crippen molar-refractivity contribution in [1.29, 1.82) is 0 Å². The first-order valence-corrected chi connectivity index (χ1v) is 8.42. The molecule has 1 aliphatic carbocycles. The SMILES string of the molecule is [O-]C(=PC1CCCCC1)c1c(Br)cccc1Br. The van der Waals surface area contributed by atoms with Crippen LogP contribution in [-0.4, -0.2) is 11.1 Å². The summed E-state index contributed by atoms with van der Waals surface area (Å²) in [5.74, 6) is 0. The van der Waals surface area contributed by atoms with Crippen LogP contribution in [0.3, 0.4) is 0 Å². The molecule has 0 aliphatic heterocycles. The molecule has 0 heterocycles. The Balaban J connectivity index is 2.23. The van der Waals surface area contributed by atoms with Crippen molar-refractivity contribution < 1.29 is 5.11 Å². The summed E-state index contributed by atoms with van der Waals surface area (Å²) in [5, 5.41) is 12.3. The zero-order chi connectivity index (χ0) is 12.3. The van der Waals surface area contributed by atoms with Gasteiger partial charge in [0.25, 0.3) is 0 Å². The minimum atomic E-state index is 0.233. The van der Waals surface area contributed by atoms with Gasteiger partial charge < -0.3 is 5.11 Å². The van der Waals surface area contributed by atoms with Gasteiger partial charge in [-0.2, -0.15) is 0 Å². The quantitative estimate of drug-likeness (QED) is 0.704. The van der Waals surface area contributed by atoms with Gasteiger partial charge >= 0.3 is 0 Å². The van der Waals surface area contributed by atoms with Gasteiger partial charge in [0.1, 0.15) is 0 Å². The van der Waals surface area contributed by atoms with Gasteiger partial charge in [0, 0.05) is 8.95 Å². The zero-order valence-electron chi connectivity index (χ0n) is 9.46. The Morgan fingerprint density at radius 2 is 1.71 bits per heavy atom. The van der Waals surface area contributed by atoms with Crippen LogP contribution in [0.1, 0.15) is 37.7 Å². The fraction of sp³-hybridized carbons (Fsp3) is 0.462. The molecule has 2 rings (SSSR count). The average Bonchev–Trinajstić information content (AvgIpc) is 2.30. The predicted molar refractivity (Wildman–Crippen MR) is 79.7 cm³/mol. The highest BCUT2D eigenvalue weighted by atomic mass is 79.9. The number of halogens is 2. The van der Waals surface area contributed by atoms with Crippen molar-refractivity contribution in [2.24, 2.45) is 0 Å². The summed E-state index contributed by atoms with van der Waals surface area (Å²) in [4.78, 5) is 0. The van der Waals surface area contributed by atoms with Crippen LogP contribution in [0.25, 0.3) is 0 Å². The third-order valence-corrected chi connectivity index (χ3v) is 5.71. The van der Waals surface area contributed by atoms with Crippen molar-refractivity contribution in [2.45, 2.75) is 37.8 Å². The lowest BCUT2D eigenvalue weighted by atomic mass is 10.0. The van der Waals surface area contributed by atoms with E-state index in [1.165, 1.54) is 32.1 Å². The Bertz CT molecular complexity index is 405. The molecule has 0 radical (unpaired) electrons. The van der Waals surface area contributed by atoms with Crippen molar-refractivity contribution in [3.05, 3.63) is 32.7 Å². The van der Waals surface area contributed by atoms with E-state index in [0.29, 0.717) is 5.66 Å². The van der Waals surface area contributed by atoms with Crippen LogP contribution in [0.4, 0.5) is 0 Å². The highest BCUT2D eigenvalue weighted by molar-refractivity contribution is 9.11. The molecule has 1 saturated carbocycles. The molecule has 4 heteroatoms. The zero-order valence-corrected chi connectivity index (χ0v) is 13.5. The molecule has 1 aromatic rings. The van der Waals surface area contributed by atoms with Gasteiger partial charge in [-0.1, -0.05) is 57.2 Å². The fourth-order valence-electron chi connectivity index (χ4n) is 2.14. The van der Waals surface area contributed by atoms with E-state index in [-0.39, 0.29) is 5.48 Å². The molecule has 0 spiro atoms. The van der Waals surface area contributed by atoms with Crippen LogP contribution in [0, 0.1) is 0 Å². The third-order valence-electron chi connectivity index (χ3n) is 3.05. The van der Waals surface area contributed by atoms with Crippen molar-refractivity contribution >= 4 is 45.5 Å². The summed E-state index contributed by atoms with van der Waals surface area (Å²) in [6.45, 7) is 0. The summed E-state index contributed by atoms with van der Waals surface area (Å²) in [7, 11) is 0.965. The third kappa shape index (κ3) is 3.64. The summed E-state index contributed by atoms with van der Waals surface area (Å²) in [6.07, 6.45) is 6.30. The van der Waals surface area contributed by atoms with Crippen LogP contribution < -0.4 is 5.11 Å². The number of benzene rings is 1. The number of rotatable bonds is 2. The van der Waals surface area contributed by atoms with Gasteiger partial charge in [0.15, 0.2) is 0 Å². The van der Waals surface area contributed by atoms with Gasteiger partial charge in [0.2, 0.25) is 0 Å². The maximum Gasteiger partial charge on any atom is 0.0252 e. The lowest BCUT2D eigenvalue weighted by Gasteiger charge is -2.22. The topological polar surface area (TPSA) is 23.1 Å². The molecule has 92 valence electrons. The van der Waals surface area contributed by atoms with E-state index in [9.17, 15) is 5.11 Å². The lowest BCUT2D eigenvalue weighted by molar-refractivity contribution is -0.207. The normalized spacial score (nSPS) is 18.4. The van der Waals surface area contributed by atoms with E-state index < -0.39 is 0 Å². The van der Waals surface area contributed by atoms with Crippen LogP contribution in [-0.2, 0) is 0 Å². The van der Waals surface area contributed by atoms with Crippen molar-refractivity contribution in [3.8, 4) is 0 Å². The number of hydrogen-bond donors (Lipinski definition) is 0. The first-order chi connectivity index (χ1) is 8.18. The Labute approximate surface area is 121 Å². The first-order valence-electron chi connectivity index (χ1n) is 5.87. The van der Waals surface area contributed by atoms with Crippen molar-refractivity contribution in [1.82, 2.24) is 0 Å². The smallest absolute Gasteiger partial charge is 0.0252 e. The van der Waals surface area contributed by atoms with Crippen LogP contribution in [0.15, 0.2) is 27.1 Å². The molecule has 0 aromatic heterocycles. The molecule has 0 unspecified atom stereocenters. The summed E-state index contributed by atoms with van der Waals surface area (Å²) >= 11 is 6.91. The highest BCUT2D eigenvalue weighted by Gasteiger charge is 2.12. The van der Waals surface area contributed by atoms with Crippen LogP contribution in [0.5, 0.6) is 0 Å². The Morgan fingerprint density at radius 1 is 1.12 bits per heavy atom. The summed E-state index contributed by atoms with van der Waals surface area (Å²) in [6, 6.07) is 5.78. The van der Waals surface area contributed by atoms with Gasteiger partial charge in [-0.15, -0.1) is 13.7 Å². The maximum atomic E-state index is 12.3. The molecule has 0 amide bonds. The second-order valence-corrected chi connectivity index (χ2v) is 7.43. The molecule has 0 N–H and O–H groups in total. The Kier molecular flexibility index (Phi) is 5.23. The highest BCUT2D eigenvalue weighted by Crippen LogP contribution is 2.32. The maximum absolute atomic E-state index is 12.3. The standard InChI is InChI=1S/C13H15Br2OP/c14-10-7-4-8-11(15)12(10)13(16)17-9-5-2-1-3-6-9/h4,7-9,16H,1-3,5-6H2/p-1. The Morgan fingerprint density at radius 3 is 2.29 bits per heavy atom. The monoisotopic (exact) mass is 375 g/mol. The molecule has 1 fully saturated rings. The molecule has 0 atom stereocenters. The predicted octanol–water partition coefficient (Wildman–Crippen LogP) is 4.33. The van der Waals surface area contributed by atoms with E-state index in [2.05, 4.69) is 31.9 Å². The Hall–Kier alpha value is 0.310. The van der Waals surface area contributed by atoms with E-state index in [4.69, 9.17) is 0 Å². The van der Waals surface area contributed by atoms with Gasteiger partial charge in [0.05, 0.1) is 0 Å². The van der Waals surface area contributed by atoms with Gasteiger partial charge in [-0.3, -0.25) is 0 Å². The van der Waals surface area contributed by atoms with Gasteiger partial charge in [-0.25, -0.2) is 0 Å². The molecular formula is C13H14Br2OP-. The van der Waals surface area contributed by atoms with Crippen molar-refractivity contribution in [2.75, 3.05) is 0 Å². The molecular weight excluding hydrogens is 363 g/mol. The minimum Gasteiger partial charge on any atom is -0.823 e. The molecule has 1 nitrogen and oxygen atoms in total. The van der Waals surface area contributed by atoms with Crippen LogP contribution in [0.2, 0.25) is 0 Å². The van der Waals surface area contributed by atoms with E-state index >= 15 is 0 Å². The van der Waals surface area contributed by atoms with Gasteiger partial charge in [-0.05, 0) is 36.2 Å². The second-order valence-electron chi connectivity index (χ2n) is 4.32. The van der Waals surface area contributed by atoms with E-state index in [1.54, 1.807) is 0 Å². The molecule has 1 aliphatic rings. The molecule has 0 bridgehead atoms. The van der Waals surface area contributed by atoms with Crippen molar-refractivity contribution in [3.63, 3.8) is 0 Å². The van der Waals surface area contributed by atoms with Crippen LogP contribution >= 0.6 is 40.1 Å². The largest absolute Gasteiger partial charge is 0.823 e. The fourth-order valence-corrected chi connectivity index (χ4v) is 5.13. The summed E-state index contributed by atoms with van der Waals surface area (Å²) < 4.78 is 1.78. The van der Waals surface area contributed by atoms with E-state index in [0.717, 1.165) is 22.7 Å².